The third-order valence-corrected chi connectivity index (χ3v) is 4.34. The van der Waals surface area contributed by atoms with Crippen LogP contribution in [0.4, 0.5) is 0 Å². The van der Waals surface area contributed by atoms with E-state index in [-0.39, 0.29) is 11.9 Å². The summed E-state index contributed by atoms with van der Waals surface area (Å²) in [6, 6.07) is 17.3. The molecule has 0 radical (unpaired) electrons. The number of quaternary nitrogens is 1. The van der Waals surface area contributed by atoms with E-state index >= 15 is 0 Å². The molecule has 0 heterocycles. The third kappa shape index (κ3) is 2.64. The van der Waals surface area contributed by atoms with Crippen LogP contribution >= 0.6 is 0 Å². The molecule has 114 valence electrons. The zero-order valence-corrected chi connectivity index (χ0v) is 13.2. The minimum Gasteiger partial charge on any atom is -0.351 e. The molecule has 0 fully saturated rings. The largest absolute Gasteiger partial charge is 0.351 e. The van der Waals surface area contributed by atoms with Crippen LogP contribution in [-0.2, 0) is 4.79 Å². The highest BCUT2D eigenvalue weighted by Crippen LogP contribution is 2.41. The van der Waals surface area contributed by atoms with Gasteiger partial charge in [-0.1, -0.05) is 55.5 Å². The van der Waals surface area contributed by atoms with Gasteiger partial charge in [-0.3, -0.25) is 4.79 Å². The highest BCUT2D eigenvalue weighted by Gasteiger charge is 2.34. The van der Waals surface area contributed by atoms with E-state index in [2.05, 4.69) is 67.8 Å². The molecule has 2 aromatic carbocycles. The van der Waals surface area contributed by atoms with Crippen molar-refractivity contribution in [3.8, 4) is 11.1 Å². The summed E-state index contributed by atoms with van der Waals surface area (Å²) in [4.78, 5) is 13.3. The average Bonchev–Trinajstić information content (AvgIpc) is 2.87. The molecule has 0 saturated carbocycles. The molecular weight excluding hydrogens is 272 g/mol. The fourth-order valence-corrected chi connectivity index (χ4v) is 3.37. The van der Waals surface area contributed by atoms with E-state index in [4.69, 9.17) is 0 Å². The molecule has 1 aliphatic carbocycles. The van der Waals surface area contributed by atoms with Crippen LogP contribution in [0.2, 0.25) is 0 Å². The molecule has 2 aromatic rings. The SMILES string of the molecule is CCCNC(=O)C[NH+](C)C1c2ccccc2-c2ccccc21. The maximum absolute atomic E-state index is 12.1. The van der Waals surface area contributed by atoms with Gasteiger partial charge in [0, 0.05) is 17.7 Å². The lowest BCUT2D eigenvalue weighted by Crippen LogP contribution is -3.10. The lowest BCUT2D eigenvalue weighted by atomic mass is 10.0. The summed E-state index contributed by atoms with van der Waals surface area (Å²) in [5.41, 5.74) is 5.25. The zero-order chi connectivity index (χ0) is 15.5. The van der Waals surface area contributed by atoms with Gasteiger partial charge in [-0.2, -0.15) is 0 Å². The Morgan fingerprint density at radius 2 is 1.59 bits per heavy atom. The number of amides is 1. The maximum atomic E-state index is 12.1. The van der Waals surface area contributed by atoms with E-state index in [1.807, 2.05) is 0 Å². The van der Waals surface area contributed by atoms with Gasteiger partial charge >= 0.3 is 0 Å². The molecule has 0 spiro atoms. The Morgan fingerprint density at radius 3 is 2.14 bits per heavy atom. The van der Waals surface area contributed by atoms with Crippen LogP contribution in [-0.4, -0.2) is 26.0 Å². The molecule has 0 aliphatic heterocycles. The normalized spacial score (nSPS) is 14.3. The molecule has 1 unspecified atom stereocenters. The fraction of sp³-hybridized carbons (Fsp3) is 0.316. The van der Waals surface area contributed by atoms with Gasteiger partial charge in [-0.05, 0) is 17.5 Å². The minimum absolute atomic E-state index is 0.126. The first kappa shape index (κ1) is 14.8. The molecule has 0 bridgehead atoms. The van der Waals surface area contributed by atoms with Gasteiger partial charge in [0.05, 0.1) is 7.05 Å². The number of hydrogen-bond donors (Lipinski definition) is 2. The summed E-state index contributed by atoms with van der Waals surface area (Å²) in [6.07, 6.45) is 0.972. The van der Waals surface area contributed by atoms with E-state index < -0.39 is 0 Å². The van der Waals surface area contributed by atoms with Gasteiger partial charge in [0.15, 0.2) is 6.54 Å². The van der Waals surface area contributed by atoms with Gasteiger partial charge in [-0.15, -0.1) is 0 Å². The standard InChI is InChI=1S/C19H22N2O/c1-3-12-20-18(22)13-21(2)19-16-10-6-4-8-14(16)15-9-5-7-11-17(15)19/h4-11,19H,3,12-13H2,1-2H3,(H,20,22)/p+1. The van der Waals surface area contributed by atoms with E-state index in [9.17, 15) is 4.79 Å². The van der Waals surface area contributed by atoms with Crippen molar-refractivity contribution >= 4 is 5.91 Å². The minimum atomic E-state index is 0.126. The molecule has 1 aliphatic rings. The number of benzene rings is 2. The molecule has 0 saturated heterocycles. The Kier molecular flexibility index (Phi) is 4.25. The molecule has 22 heavy (non-hydrogen) atoms. The molecule has 1 atom stereocenters. The first-order valence-corrected chi connectivity index (χ1v) is 7.99. The van der Waals surface area contributed by atoms with Crippen molar-refractivity contribution in [2.24, 2.45) is 0 Å². The predicted octanol–water partition coefficient (Wildman–Crippen LogP) is 1.80. The van der Waals surface area contributed by atoms with Crippen LogP contribution in [0.1, 0.15) is 30.5 Å². The number of nitrogens with one attached hydrogen (secondary N) is 2. The number of rotatable bonds is 5. The Balaban J connectivity index is 1.88. The van der Waals surface area contributed by atoms with Crippen LogP contribution in [0.25, 0.3) is 11.1 Å². The quantitative estimate of drug-likeness (QED) is 0.866. The molecule has 3 heteroatoms. The summed E-state index contributed by atoms with van der Waals surface area (Å²) in [5, 5.41) is 2.97. The van der Waals surface area contributed by atoms with Gasteiger partial charge in [0.25, 0.3) is 5.91 Å². The van der Waals surface area contributed by atoms with Crippen molar-refractivity contribution in [3.05, 3.63) is 59.7 Å². The molecule has 2 N–H and O–H groups in total. The summed E-state index contributed by atoms with van der Waals surface area (Å²) in [5.74, 6) is 0.126. The first-order valence-electron chi connectivity index (χ1n) is 7.99. The summed E-state index contributed by atoms with van der Waals surface area (Å²) < 4.78 is 0. The molecular formula is C19H23N2O+. The highest BCUT2D eigenvalue weighted by atomic mass is 16.2. The lowest BCUT2D eigenvalue weighted by molar-refractivity contribution is -0.897. The van der Waals surface area contributed by atoms with Crippen molar-refractivity contribution in [1.82, 2.24) is 5.32 Å². The topological polar surface area (TPSA) is 33.5 Å². The van der Waals surface area contributed by atoms with E-state index in [0.29, 0.717) is 6.54 Å². The van der Waals surface area contributed by atoms with Crippen molar-refractivity contribution in [2.45, 2.75) is 19.4 Å². The van der Waals surface area contributed by atoms with E-state index in [0.717, 1.165) is 13.0 Å². The van der Waals surface area contributed by atoms with E-state index in [1.54, 1.807) is 0 Å². The van der Waals surface area contributed by atoms with Crippen molar-refractivity contribution < 1.29 is 9.69 Å². The monoisotopic (exact) mass is 295 g/mol. The summed E-state index contributed by atoms with van der Waals surface area (Å²) in [6.45, 7) is 3.32. The van der Waals surface area contributed by atoms with E-state index in [1.165, 1.54) is 27.2 Å². The van der Waals surface area contributed by atoms with Crippen molar-refractivity contribution in [1.29, 1.82) is 0 Å². The summed E-state index contributed by atoms with van der Waals surface area (Å²) >= 11 is 0. The van der Waals surface area contributed by atoms with Crippen LogP contribution in [0.15, 0.2) is 48.5 Å². The molecule has 3 nitrogen and oxygen atoms in total. The zero-order valence-electron chi connectivity index (χ0n) is 13.2. The number of fused-ring (bicyclic) bond motifs is 3. The second-order valence-electron chi connectivity index (χ2n) is 5.98. The molecule has 3 rings (SSSR count). The highest BCUT2D eigenvalue weighted by molar-refractivity contribution is 5.79. The number of hydrogen-bond acceptors (Lipinski definition) is 1. The predicted molar refractivity (Wildman–Crippen MR) is 88.8 cm³/mol. The Hall–Kier alpha value is -2.13. The number of likely N-dealkylation sites (N-methyl/N-ethyl adjacent to an activating group) is 1. The van der Waals surface area contributed by atoms with Crippen LogP contribution in [0, 0.1) is 0 Å². The molecule has 0 aromatic heterocycles. The smallest absolute Gasteiger partial charge is 0.275 e. The Labute approximate surface area is 132 Å². The fourth-order valence-electron chi connectivity index (χ4n) is 3.37. The van der Waals surface area contributed by atoms with Gasteiger partial charge in [0.2, 0.25) is 0 Å². The third-order valence-electron chi connectivity index (χ3n) is 4.34. The van der Waals surface area contributed by atoms with Gasteiger partial charge in [0.1, 0.15) is 6.04 Å². The summed E-state index contributed by atoms with van der Waals surface area (Å²) in [7, 11) is 2.11. The first-order chi connectivity index (χ1) is 10.7. The Morgan fingerprint density at radius 1 is 1.05 bits per heavy atom. The number of carbonyl (C=O) groups excluding carboxylic acids is 1. The second kappa shape index (κ2) is 6.32. The average molecular weight is 295 g/mol. The van der Waals surface area contributed by atoms with Gasteiger partial charge < -0.3 is 10.2 Å². The maximum Gasteiger partial charge on any atom is 0.275 e. The van der Waals surface area contributed by atoms with Crippen LogP contribution in [0.5, 0.6) is 0 Å². The lowest BCUT2D eigenvalue weighted by Gasteiger charge is -2.22. The van der Waals surface area contributed by atoms with Crippen LogP contribution < -0.4 is 10.2 Å². The van der Waals surface area contributed by atoms with Crippen LogP contribution in [0.3, 0.4) is 0 Å². The number of carbonyl (C=O) groups is 1. The van der Waals surface area contributed by atoms with Crippen molar-refractivity contribution in [3.63, 3.8) is 0 Å². The van der Waals surface area contributed by atoms with Crippen molar-refractivity contribution in [2.75, 3.05) is 20.1 Å². The van der Waals surface area contributed by atoms with Gasteiger partial charge in [-0.25, -0.2) is 0 Å². The molecule has 1 amide bonds. The second-order valence-corrected chi connectivity index (χ2v) is 5.98. The Bertz CT molecular complexity index is 635.